The van der Waals surface area contributed by atoms with E-state index in [1.807, 2.05) is 13.8 Å². The number of hydrazine groups is 1. The van der Waals surface area contributed by atoms with Crippen molar-refractivity contribution in [2.45, 2.75) is 65.2 Å². The van der Waals surface area contributed by atoms with Gasteiger partial charge in [0.05, 0.1) is 18.9 Å². The zero-order chi connectivity index (χ0) is 27.2. The lowest BCUT2D eigenvalue weighted by Crippen LogP contribution is -2.54. The highest BCUT2D eigenvalue weighted by Gasteiger charge is 2.34. The van der Waals surface area contributed by atoms with Crippen LogP contribution in [0.3, 0.4) is 0 Å². The molecule has 4 N–H and O–H groups in total. The normalized spacial score (nSPS) is 18.4. The number of carboxylic acid groups (broad SMARTS) is 1. The predicted octanol–water partition coefficient (Wildman–Crippen LogP) is 1.11. The smallest absolute Gasteiger partial charge is 0.407 e. The summed E-state index contributed by atoms with van der Waals surface area (Å²) in [5.74, 6) is -1.98. The van der Waals surface area contributed by atoms with E-state index in [9.17, 15) is 24.0 Å². The van der Waals surface area contributed by atoms with E-state index in [0.717, 1.165) is 37.4 Å². The van der Waals surface area contributed by atoms with Crippen LogP contribution in [0.15, 0.2) is 0 Å². The van der Waals surface area contributed by atoms with Crippen LogP contribution in [-0.2, 0) is 23.9 Å². The minimum atomic E-state index is -1.06. The minimum absolute atomic E-state index is 0.0249. The van der Waals surface area contributed by atoms with Crippen LogP contribution in [0.1, 0.15) is 65.2 Å². The van der Waals surface area contributed by atoms with Crippen LogP contribution in [0, 0.1) is 17.8 Å². The van der Waals surface area contributed by atoms with Crippen LogP contribution in [0.2, 0.25) is 0 Å². The summed E-state index contributed by atoms with van der Waals surface area (Å²) in [5.41, 5.74) is 2.64. The molecule has 2 fully saturated rings. The van der Waals surface area contributed by atoms with Crippen LogP contribution in [0.25, 0.3) is 0 Å². The van der Waals surface area contributed by atoms with Gasteiger partial charge in [0.2, 0.25) is 17.7 Å². The first-order valence-corrected chi connectivity index (χ1v) is 13.4. The molecule has 210 valence electrons. The van der Waals surface area contributed by atoms with E-state index in [0.29, 0.717) is 31.7 Å². The maximum Gasteiger partial charge on any atom is 0.407 e. The third-order valence-corrected chi connectivity index (χ3v) is 6.58. The summed E-state index contributed by atoms with van der Waals surface area (Å²) >= 11 is 0. The Labute approximate surface area is 218 Å². The van der Waals surface area contributed by atoms with Gasteiger partial charge in [0.15, 0.2) is 0 Å². The number of nitrogens with one attached hydrogen (secondary N) is 3. The molecule has 0 radical (unpaired) electrons. The molecule has 0 spiro atoms. The number of likely N-dealkylation sites (tertiary alicyclic amines) is 1. The molecular formula is C25H43N5O7. The highest BCUT2D eigenvalue weighted by atomic mass is 16.5. The number of rotatable bonds is 13. The van der Waals surface area contributed by atoms with Crippen molar-refractivity contribution in [3.8, 4) is 0 Å². The predicted molar refractivity (Wildman–Crippen MR) is 135 cm³/mol. The number of aliphatic carboxylic acids is 1. The number of alkyl carbamates (subject to hydrolysis) is 1. The van der Waals surface area contributed by atoms with Crippen LogP contribution in [-0.4, -0.2) is 90.7 Å². The number of ether oxygens (including phenoxy) is 1. The Morgan fingerprint density at radius 2 is 1.78 bits per heavy atom. The second-order valence-electron chi connectivity index (χ2n) is 10.2. The highest BCUT2D eigenvalue weighted by molar-refractivity contribution is 5.96. The Morgan fingerprint density at radius 3 is 2.46 bits per heavy atom. The molecule has 2 rings (SSSR count). The van der Waals surface area contributed by atoms with Gasteiger partial charge in [0, 0.05) is 39.0 Å². The molecule has 2 aliphatic heterocycles. The maximum atomic E-state index is 13.3. The fraction of sp³-hybridized carbons (Fsp3) is 0.800. The zero-order valence-corrected chi connectivity index (χ0v) is 22.1. The van der Waals surface area contributed by atoms with E-state index in [1.54, 1.807) is 4.90 Å². The topological polar surface area (TPSA) is 157 Å². The lowest BCUT2D eigenvalue weighted by molar-refractivity contribution is -0.154. The van der Waals surface area contributed by atoms with Gasteiger partial charge >= 0.3 is 12.1 Å². The number of hydrogen-bond donors (Lipinski definition) is 4. The number of amides is 4. The zero-order valence-electron chi connectivity index (χ0n) is 22.1. The molecule has 0 aromatic carbocycles. The summed E-state index contributed by atoms with van der Waals surface area (Å²) in [6, 6.07) is 0. The van der Waals surface area contributed by atoms with Gasteiger partial charge in [-0.2, -0.15) is 0 Å². The van der Waals surface area contributed by atoms with Gasteiger partial charge in [-0.25, -0.2) is 15.2 Å². The molecule has 2 heterocycles. The number of nitrogens with zero attached hydrogens (tertiary/aromatic N) is 2. The first-order chi connectivity index (χ1) is 17.7. The molecule has 1 atom stereocenters. The van der Waals surface area contributed by atoms with Gasteiger partial charge in [0.1, 0.15) is 0 Å². The fourth-order valence-electron chi connectivity index (χ4n) is 4.48. The van der Waals surface area contributed by atoms with Crippen molar-refractivity contribution in [1.82, 2.24) is 26.0 Å². The standard InChI is InChI=1S/C25H43N5O7/c1-18(2)17-37-25(36)27-13-9-22(32)30(28-14-10-23(33)34)24(35)20-4-3-15-29(16-20)21(31)6-5-19-7-11-26-12-8-19/h18-20,26,28H,3-17H2,1-2H3,(H,27,36)(H,33,34)/t20-/m1/s1. The molecule has 0 aromatic rings. The van der Waals surface area contributed by atoms with Crippen molar-refractivity contribution in [1.29, 1.82) is 0 Å². The second-order valence-corrected chi connectivity index (χ2v) is 10.2. The van der Waals surface area contributed by atoms with Gasteiger partial charge in [-0.15, -0.1) is 0 Å². The van der Waals surface area contributed by atoms with Gasteiger partial charge in [-0.05, 0) is 57.0 Å². The summed E-state index contributed by atoms with van der Waals surface area (Å²) in [4.78, 5) is 63.4. The van der Waals surface area contributed by atoms with Crippen LogP contribution in [0.5, 0.6) is 0 Å². The highest BCUT2D eigenvalue weighted by Crippen LogP contribution is 2.22. The first-order valence-electron chi connectivity index (χ1n) is 13.4. The molecule has 2 saturated heterocycles. The van der Waals surface area contributed by atoms with E-state index in [2.05, 4.69) is 16.1 Å². The molecule has 0 aliphatic carbocycles. The number of hydrogen-bond acceptors (Lipinski definition) is 8. The number of imide groups is 1. The maximum absolute atomic E-state index is 13.3. The average Bonchev–Trinajstić information content (AvgIpc) is 2.88. The molecule has 0 unspecified atom stereocenters. The number of carbonyl (C=O) groups is 5. The molecule has 12 nitrogen and oxygen atoms in total. The van der Waals surface area contributed by atoms with E-state index in [-0.39, 0.29) is 50.9 Å². The van der Waals surface area contributed by atoms with E-state index < -0.39 is 29.8 Å². The molecule has 2 aliphatic rings. The molecule has 12 heteroatoms. The second kappa shape index (κ2) is 16.2. The molecular weight excluding hydrogens is 482 g/mol. The summed E-state index contributed by atoms with van der Waals surface area (Å²) in [6.07, 6.45) is 3.50. The van der Waals surface area contributed by atoms with Crippen LogP contribution >= 0.6 is 0 Å². The van der Waals surface area contributed by atoms with Crippen molar-refractivity contribution < 1.29 is 33.8 Å². The monoisotopic (exact) mass is 525 g/mol. The van der Waals surface area contributed by atoms with Gasteiger partial charge < -0.3 is 25.4 Å². The Bertz CT molecular complexity index is 785. The quantitative estimate of drug-likeness (QED) is 0.259. The Kier molecular flexibility index (Phi) is 13.3. The first kappa shape index (κ1) is 30.5. The number of piperidine rings is 2. The van der Waals surface area contributed by atoms with Crippen molar-refractivity contribution in [3.05, 3.63) is 0 Å². The van der Waals surface area contributed by atoms with Gasteiger partial charge in [-0.3, -0.25) is 19.2 Å². The summed E-state index contributed by atoms with van der Waals surface area (Å²) in [5, 5.41) is 15.6. The van der Waals surface area contributed by atoms with E-state index in [1.165, 1.54) is 0 Å². The van der Waals surface area contributed by atoms with Crippen molar-refractivity contribution in [2.75, 3.05) is 45.9 Å². The van der Waals surface area contributed by atoms with E-state index in [4.69, 9.17) is 9.84 Å². The summed E-state index contributed by atoms with van der Waals surface area (Å²) in [7, 11) is 0. The third kappa shape index (κ3) is 11.5. The lowest BCUT2D eigenvalue weighted by atomic mass is 9.92. The van der Waals surface area contributed by atoms with Crippen LogP contribution < -0.4 is 16.1 Å². The molecule has 4 amide bonds. The van der Waals surface area contributed by atoms with Gasteiger partial charge in [0.25, 0.3) is 0 Å². The Balaban J connectivity index is 1.91. The molecule has 0 saturated carbocycles. The van der Waals surface area contributed by atoms with E-state index >= 15 is 0 Å². The largest absolute Gasteiger partial charge is 0.481 e. The minimum Gasteiger partial charge on any atom is -0.481 e. The van der Waals surface area contributed by atoms with Crippen molar-refractivity contribution >= 4 is 29.8 Å². The SMILES string of the molecule is CC(C)COC(=O)NCCC(=O)N(NCCC(=O)O)C(=O)[C@@H]1CCCN(C(=O)CCC2CCNCC2)C1. The third-order valence-electron chi connectivity index (χ3n) is 6.58. The molecule has 37 heavy (non-hydrogen) atoms. The summed E-state index contributed by atoms with van der Waals surface area (Å²) < 4.78 is 5.01. The lowest BCUT2D eigenvalue weighted by Gasteiger charge is -2.35. The molecule has 0 aromatic heterocycles. The fourth-order valence-corrected chi connectivity index (χ4v) is 4.48. The Hall–Kier alpha value is -2.73. The van der Waals surface area contributed by atoms with Crippen LogP contribution in [0.4, 0.5) is 4.79 Å². The van der Waals surface area contributed by atoms with Crippen molar-refractivity contribution in [3.63, 3.8) is 0 Å². The van der Waals surface area contributed by atoms with Crippen molar-refractivity contribution in [2.24, 2.45) is 17.8 Å². The molecule has 0 bridgehead atoms. The average molecular weight is 526 g/mol. The Morgan fingerprint density at radius 1 is 1.05 bits per heavy atom. The summed E-state index contributed by atoms with van der Waals surface area (Å²) in [6.45, 7) is 6.67. The number of carbonyl (C=O) groups excluding carboxylic acids is 4. The van der Waals surface area contributed by atoms with Gasteiger partial charge in [-0.1, -0.05) is 13.8 Å². The number of carboxylic acids is 1.